The van der Waals surface area contributed by atoms with Crippen molar-refractivity contribution < 1.29 is 19.0 Å². The number of hydrogen-bond donors (Lipinski definition) is 1. The Hall–Kier alpha value is -3.23. The van der Waals surface area contributed by atoms with Crippen LogP contribution in [0.3, 0.4) is 0 Å². The Morgan fingerprint density at radius 3 is 2.59 bits per heavy atom. The van der Waals surface area contributed by atoms with Gasteiger partial charge in [-0.15, -0.1) is 11.8 Å². The van der Waals surface area contributed by atoms with Gasteiger partial charge in [-0.05, 0) is 49.2 Å². The molecule has 8 heteroatoms. The van der Waals surface area contributed by atoms with E-state index in [0.29, 0.717) is 36.8 Å². The number of methoxy groups -OCH3 is 1. The molecular weight excluding hydrogens is 453 g/mol. The van der Waals surface area contributed by atoms with Gasteiger partial charge < -0.3 is 14.7 Å². The minimum Gasteiger partial charge on any atom is -0.480 e. The maximum absolute atomic E-state index is 14.5. The van der Waals surface area contributed by atoms with Gasteiger partial charge in [-0.2, -0.15) is 0 Å². The highest BCUT2D eigenvalue weighted by Gasteiger charge is 2.28. The summed E-state index contributed by atoms with van der Waals surface area (Å²) in [7, 11) is 1.63. The number of ether oxygens (including phenoxy) is 1. The summed E-state index contributed by atoms with van der Waals surface area (Å²) in [5, 5.41) is 9.36. The molecule has 0 saturated carbocycles. The van der Waals surface area contributed by atoms with Crippen LogP contribution in [-0.4, -0.2) is 46.1 Å². The van der Waals surface area contributed by atoms with Crippen LogP contribution in [0.15, 0.2) is 66.3 Å². The molecule has 0 aliphatic carbocycles. The Morgan fingerprint density at radius 2 is 1.94 bits per heavy atom. The molecule has 1 N–H and O–H groups in total. The molecular formula is C26H28FN3O3S. The number of thioether (sulfide) groups is 1. The summed E-state index contributed by atoms with van der Waals surface area (Å²) in [6.07, 6.45) is 3.09. The lowest BCUT2D eigenvalue weighted by atomic mass is 10.1. The van der Waals surface area contributed by atoms with Gasteiger partial charge in [0.2, 0.25) is 0 Å². The van der Waals surface area contributed by atoms with Crippen molar-refractivity contribution in [2.75, 3.05) is 25.2 Å². The third-order valence-corrected chi connectivity index (χ3v) is 6.42. The molecule has 0 fully saturated rings. The highest BCUT2D eigenvalue weighted by atomic mass is 32.2. The predicted molar refractivity (Wildman–Crippen MR) is 134 cm³/mol. The van der Waals surface area contributed by atoms with E-state index in [0.717, 1.165) is 16.0 Å². The minimum absolute atomic E-state index is 0.365. The fraction of sp³-hybridized carbons (Fsp3) is 0.269. The van der Waals surface area contributed by atoms with E-state index >= 15 is 0 Å². The lowest BCUT2D eigenvalue weighted by molar-refractivity contribution is -0.138. The number of aromatic nitrogens is 2. The summed E-state index contributed by atoms with van der Waals surface area (Å²) in [5.41, 5.74) is 2.69. The van der Waals surface area contributed by atoms with Crippen molar-refractivity contribution in [1.82, 2.24) is 9.97 Å². The van der Waals surface area contributed by atoms with Crippen molar-refractivity contribution in [3.05, 3.63) is 78.4 Å². The van der Waals surface area contributed by atoms with E-state index in [1.807, 2.05) is 29.2 Å². The molecule has 0 amide bonds. The Balaban J connectivity index is 1.85. The Kier molecular flexibility index (Phi) is 8.41. The van der Waals surface area contributed by atoms with Crippen LogP contribution < -0.4 is 4.90 Å². The van der Waals surface area contributed by atoms with Gasteiger partial charge in [-0.1, -0.05) is 30.9 Å². The van der Waals surface area contributed by atoms with Crippen LogP contribution in [0, 0.1) is 5.82 Å². The molecule has 0 bridgehead atoms. The topological polar surface area (TPSA) is 75.5 Å². The van der Waals surface area contributed by atoms with Gasteiger partial charge in [0.15, 0.2) is 0 Å². The second-order valence-electron chi connectivity index (χ2n) is 8.18. The zero-order valence-electron chi connectivity index (χ0n) is 19.5. The number of nitrogens with zero attached hydrogens (tertiary/aromatic N) is 3. The summed E-state index contributed by atoms with van der Waals surface area (Å²) >= 11 is 1.30. The van der Waals surface area contributed by atoms with Crippen molar-refractivity contribution in [3.8, 4) is 11.3 Å². The lowest BCUT2D eigenvalue weighted by Crippen LogP contribution is -2.28. The second-order valence-corrected chi connectivity index (χ2v) is 9.88. The number of halogens is 1. The second kappa shape index (κ2) is 11.3. The molecule has 178 valence electrons. The summed E-state index contributed by atoms with van der Waals surface area (Å²) in [5.74, 6) is -0.575. The molecule has 0 saturated heterocycles. The number of anilines is 1. The van der Waals surface area contributed by atoms with Gasteiger partial charge in [0.05, 0.1) is 12.3 Å². The highest BCUT2D eigenvalue weighted by Crippen LogP contribution is 2.33. The fourth-order valence-corrected chi connectivity index (χ4v) is 4.18. The monoisotopic (exact) mass is 481 g/mol. The maximum Gasteiger partial charge on any atom is 0.319 e. The molecule has 0 atom stereocenters. The van der Waals surface area contributed by atoms with Gasteiger partial charge in [-0.25, -0.2) is 14.4 Å². The number of benzene rings is 2. The average molecular weight is 482 g/mol. The first-order valence-corrected chi connectivity index (χ1v) is 11.5. The molecule has 2 aromatic carbocycles. The summed E-state index contributed by atoms with van der Waals surface area (Å²) in [6.45, 7) is 8.71. The van der Waals surface area contributed by atoms with Crippen LogP contribution in [0.25, 0.3) is 17.3 Å². The minimum atomic E-state index is -0.915. The number of carboxylic acids is 1. The van der Waals surface area contributed by atoms with Gasteiger partial charge in [0.1, 0.15) is 22.7 Å². The third-order valence-electron chi connectivity index (χ3n) is 5.23. The van der Waals surface area contributed by atoms with E-state index in [-0.39, 0.29) is 5.82 Å². The predicted octanol–water partition coefficient (Wildman–Crippen LogP) is 5.53. The van der Waals surface area contributed by atoms with Crippen molar-refractivity contribution in [2.24, 2.45) is 0 Å². The molecule has 0 aliphatic rings. The molecule has 6 nitrogen and oxygen atoms in total. The quantitative estimate of drug-likeness (QED) is 0.361. The van der Waals surface area contributed by atoms with Crippen molar-refractivity contribution in [3.63, 3.8) is 0 Å². The first-order chi connectivity index (χ1) is 16.2. The molecule has 0 spiro atoms. The van der Waals surface area contributed by atoms with Crippen LogP contribution in [0.2, 0.25) is 0 Å². The van der Waals surface area contributed by atoms with Gasteiger partial charge in [-0.3, -0.25) is 4.79 Å². The van der Waals surface area contributed by atoms with E-state index < -0.39 is 10.7 Å². The molecule has 3 rings (SSSR count). The molecule has 0 unspecified atom stereocenters. The van der Waals surface area contributed by atoms with Gasteiger partial charge in [0.25, 0.3) is 0 Å². The molecule has 0 radical (unpaired) electrons. The van der Waals surface area contributed by atoms with Crippen LogP contribution in [0.1, 0.15) is 25.0 Å². The van der Waals surface area contributed by atoms with Crippen LogP contribution in [-0.2, 0) is 16.1 Å². The SMILES string of the molecule is C=Cc1ccc(F)c(-c2cc(N(CCOC)Cc3ccc(SC(C)(C)C(=O)O)cc3)ncn2)c1. The number of carbonyl (C=O) groups is 1. The smallest absolute Gasteiger partial charge is 0.319 e. The Bertz CT molecular complexity index is 1150. The molecule has 0 aliphatic heterocycles. The Morgan fingerprint density at radius 1 is 1.21 bits per heavy atom. The summed E-state index contributed by atoms with van der Waals surface area (Å²) in [4.78, 5) is 23.0. The fourth-order valence-electron chi connectivity index (χ4n) is 3.23. The van der Waals surface area contributed by atoms with Gasteiger partial charge in [0, 0.05) is 36.7 Å². The molecule has 3 aromatic rings. The van der Waals surface area contributed by atoms with Crippen LogP contribution in [0.4, 0.5) is 10.2 Å². The zero-order valence-corrected chi connectivity index (χ0v) is 20.3. The Labute approximate surface area is 203 Å². The van der Waals surface area contributed by atoms with E-state index in [1.54, 1.807) is 45.2 Å². The standard InChI is InChI=1S/C26H28FN3O3S/c1-5-18-8-11-22(27)21(14-18)23-15-24(29-17-28-23)30(12-13-33-4)16-19-6-9-20(10-7-19)34-26(2,3)25(31)32/h5-11,14-15,17H,1,12-13,16H2,2-4H3,(H,31,32). The number of aliphatic carboxylic acids is 1. The number of hydrogen-bond acceptors (Lipinski definition) is 6. The number of carboxylic acid groups (broad SMARTS) is 1. The molecule has 34 heavy (non-hydrogen) atoms. The summed E-state index contributed by atoms with van der Waals surface area (Å²) < 4.78 is 18.9. The van der Waals surface area contributed by atoms with Crippen molar-refractivity contribution >= 4 is 29.6 Å². The molecule has 1 heterocycles. The van der Waals surface area contributed by atoms with Crippen molar-refractivity contribution in [2.45, 2.75) is 30.0 Å². The largest absolute Gasteiger partial charge is 0.480 e. The van der Waals surface area contributed by atoms with E-state index in [1.165, 1.54) is 24.2 Å². The number of rotatable bonds is 11. The zero-order chi connectivity index (χ0) is 24.7. The maximum atomic E-state index is 14.5. The van der Waals surface area contributed by atoms with E-state index in [9.17, 15) is 14.3 Å². The normalized spacial score (nSPS) is 11.3. The van der Waals surface area contributed by atoms with Gasteiger partial charge >= 0.3 is 5.97 Å². The van der Waals surface area contributed by atoms with Crippen molar-refractivity contribution in [1.29, 1.82) is 0 Å². The highest BCUT2D eigenvalue weighted by molar-refractivity contribution is 8.01. The average Bonchev–Trinajstić information content (AvgIpc) is 2.83. The first-order valence-electron chi connectivity index (χ1n) is 10.7. The van der Waals surface area contributed by atoms with Crippen LogP contribution in [0.5, 0.6) is 0 Å². The van der Waals surface area contributed by atoms with E-state index in [4.69, 9.17) is 4.74 Å². The summed E-state index contributed by atoms with van der Waals surface area (Å²) in [6, 6.07) is 14.3. The van der Waals surface area contributed by atoms with Crippen LogP contribution >= 0.6 is 11.8 Å². The molecule has 1 aromatic heterocycles. The van der Waals surface area contributed by atoms with E-state index in [2.05, 4.69) is 16.5 Å². The first kappa shape index (κ1) is 25.4. The third kappa shape index (κ3) is 6.42. The lowest BCUT2D eigenvalue weighted by Gasteiger charge is -2.24.